The number of hydrogen-bond donors (Lipinski definition) is 1. The number of fused-ring (bicyclic) bond motifs is 4. The van der Waals surface area contributed by atoms with Crippen LogP contribution in [0.4, 0.5) is 18.9 Å². The van der Waals surface area contributed by atoms with E-state index in [1.54, 1.807) is 24.3 Å². The van der Waals surface area contributed by atoms with Gasteiger partial charge in [-0.05, 0) is 59.9 Å². The monoisotopic (exact) mass is 624 g/mol. The molecule has 0 fully saturated rings. The lowest BCUT2D eigenvalue weighted by molar-refractivity contribution is -0.614. The molecule has 1 aliphatic rings. The van der Waals surface area contributed by atoms with E-state index in [1.807, 2.05) is 30.3 Å². The number of anilines is 1. The summed E-state index contributed by atoms with van der Waals surface area (Å²) in [6, 6.07) is 19.9. The first-order valence-corrected chi connectivity index (χ1v) is 14.3. The van der Waals surface area contributed by atoms with Crippen molar-refractivity contribution in [3.05, 3.63) is 106 Å². The van der Waals surface area contributed by atoms with Crippen LogP contribution in [0.25, 0.3) is 22.3 Å². The van der Waals surface area contributed by atoms with Gasteiger partial charge in [0.25, 0.3) is 0 Å². The number of halogens is 4. The van der Waals surface area contributed by atoms with Crippen molar-refractivity contribution < 1.29 is 37.0 Å². The van der Waals surface area contributed by atoms with Crippen molar-refractivity contribution in [2.24, 2.45) is 0 Å². The van der Waals surface area contributed by atoms with Gasteiger partial charge in [0.1, 0.15) is 5.75 Å². The van der Waals surface area contributed by atoms with Gasteiger partial charge in [0.15, 0.2) is 11.9 Å². The summed E-state index contributed by atoms with van der Waals surface area (Å²) >= 11 is 6.07. The van der Waals surface area contributed by atoms with Crippen LogP contribution in [0.1, 0.15) is 48.4 Å². The molecule has 2 heterocycles. The van der Waals surface area contributed by atoms with Crippen molar-refractivity contribution in [3.8, 4) is 28.0 Å². The van der Waals surface area contributed by atoms with Crippen molar-refractivity contribution in [2.45, 2.75) is 44.4 Å². The minimum Gasteiger partial charge on any atom is -0.618 e. The number of ether oxygens (including phenoxy) is 2. The Morgan fingerprint density at radius 3 is 2.59 bits per heavy atom. The van der Waals surface area contributed by atoms with Gasteiger partial charge in [-0.3, -0.25) is 9.59 Å². The molecule has 3 aromatic carbocycles. The number of rotatable bonds is 5. The maximum absolute atomic E-state index is 13.5. The lowest BCUT2D eigenvalue weighted by Crippen LogP contribution is -2.33. The highest BCUT2D eigenvalue weighted by Crippen LogP contribution is 2.38. The van der Waals surface area contributed by atoms with Crippen molar-refractivity contribution >= 4 is 29.2 Å². The summed E-state index contributed by atoms with van der Waals surface area (Å²) in [7, 11) is 1.32. The van der Waals surface area contributed by atoms with E-state index < -0.39 is 18.1 Å². The molecule has 1 aromatic heterocycles. The van der Waals surface area contributed by atoms with Crippen LogP contribution >= 0.6 is 11.6 Å². The number of carbonyl (C=O) groups is 2. The van der Waals surface area contributed by atoms with Gasteiger partial charge < -0.3 is 20.0 Å². The average molecular weight is 625 g/mol. The number of esters is 1. The maximum atomic E-state index is 13.5. The highest BCUT2D eigenvalue weighted by atomic mass is 35.5. The molecule has 1 atom stereocenters. The molecule has 4 aromatic rings. The summed E-state index contributed by atoms with van der Waals surface area (Å²) in [5.41, 5.74) is 4.30. The van der Waals surface area contributed by atoms with E-state index in [2.05, 4.69) is 10.1 Å². The van der Waals surface area contributed by atoms with Crippen LogP contribution in [-0.4, -0.2) is 25.3 Å². The third-order valence-electron chi connectivity index (χ3n) is 7.46. The van der Waals surface area contributed by atoms with Crippen molar-refractivity contribution in [1.29, 1.82) is 0 Å². The summed E-state index contributed by atoms with van der Waals surface area (Å²) in [6.07, 6.45) is -1.63. The topological polar surface area (TPSA) is 91.6 Å². The molecular weight excluding hydrogens is 597 g/mol. The third kappa shape index (κ3) is 7.31. The molecule has 0 aliphatic carbocycles. The predicted molar refractivity (Wildman–Crippen MR) is 159 cm³/mol. The Balaban J connectivity index is 1.55. The first-order valence-electron chi connectivity index (χ1n) is 13.9. The van der Waals surface area contributed by atoms with Crippen LogP contribution in [0.3, 0.4) is 0 Å². The molecule has 7 nitrogen and oxygen atoms in total. The van der Waals surface area contributed by atoms with Gasteiger partial charge in [0.05, 0.1) is 25.0 Å². The van der Waals surface area contributed by atoms with Crippen LogP contribution in [0.15, 0.2) is 79.0 Å². The van der Waals surface area contributed by atoms with Gasteiger partial charge in [-0.2, -0.15) is 4.73 Å². The zero-order valence-electron chi connectivity index (χ0n) is 23.6. The van der Waals surface area contributed by atoms with Gasteiger partial charge in [0, 0.05) is 34.3 Å². The van der Waals surface area contributed by atoms with E-state index in [4.69, 9.17) is 16.3 Å². The second kappa shape index (κ2) is 13.0. The van der Waals surface area contributed by atoms with Gasteiger partial charge in [0.2, 0.25) is 5.91 Å². The Kier molecular flexibility index (Phi) is 9.10. The van der Waals surface area contributed by atoms with Crippen molar-refractivity contribution in [1.82, 2.24) is 0 Å². The normalized spacial score (nSPS) is 15.3. The molecule has 11 heteroatoms. The van der Waals surface area contributed by atoms with Gasteiger partial charge in [-0.1, -0.05) is 54.4 Å². The Bertz CT molecular complexity index is 1710. The molecule has 1 amide bonds. The zero-order chi connectivity index (χ0) is 31.4. The lowest BCUT2D eigenvalue weighted by atomic mass is 9.87. The summed E-state index contributed by atoms with van der Waals surface area (Å²) in [6.45, 7) is 0. The number of amides is 1. The molecule has 0 saturated heterocycles. The largest absolute Gasteiger partial charge is 0.618 e. The number of benzene rings is 3. The Hall–Kier alpha value is -4.57. The number of carbonyl (C=O) groups excluding carboxylic acids is 2. The fourth-order valence-corrected chi connectivity index (χ4v) is 5.59. The zero-order valence-corrected chi connectivity index (χ0v) is 24.4. The van der Waals surface area contributed by atoms with E-state index in [1.165, 1.54) is 25.4 Å². The van der Waals surface area contributed by atoms with Crippen LogP contribution in [0.5, 0.6) is 5.75 Å². The van der Waals surface area contributed by atoms with E-state index >= 15 is 0 Å². The Labute approximate surface area is 256 Å². The third-order valence-corrected chi connectivity index (χ3v) is 7.70. The molecule has 0 radical (unpaired) electrons. The summed E-state index contributed by atoms with van der Waals surface area (Å²) in [5, 5.41) is 16.7. The van der Waals surface area contributed by atoms with Crippen LogP contribution in [0, 0.1) is 5.21 Å². The van der Waals surface area contributed by atoms with Crippen LogP contribution in [-0.2, 0) is 20.7 Å². The fraction of sp³-hybridized carbons (Fsp3) is 0.242. The molecule has 0 spiro atoms. The number of nitrogens with zero attached hydrogens (tertiary/aromatic N) is 1. The van der Waals surface area contributed by atoms with Crippen LogP contribution in [0.2, 0.25) is 5.02 Å². The molecule has 1 N–H and O–H groups in total. The molecule has 228 valence electrons. The van der Waals surface area contributed by atoms with Crippen molar-refractivity contribution in [3.63, 3.8) is 0 Å². The predicted octanol–water partition coefficient (Wildman–Crippen LogP) is 7.57. The smallest absolute Gasteiger partial charge is 0.573 e. The molecule has 2 bridgehead atoms. The average Bonchev–Trinajstić information content (AvgIpc) is 2.97. The van der Waals surface area contributed by atoms with Crippen LogP contribution < -0.4 is 14.8 Å². The quantitative estimate of drug-likeness (QED) is 0.141. The number of methoxy groups -OCH3 is 1. The second-order valence-corrected chi connectivity index (χ2v) is 10.9. The highest BCUT2D eigenvalue weighted by Gasteiger charge is 2.33. The Morgan fingerprint density at radius 1 is 1.02 bits per heavy atom. The lowest BCUT2D eigenvalue weighted by Gasteiger charge is -2.21. The molecule has 1 unspecified atom stereocenters. The van der Waals surface area contributed by atoms with Gasteiger partial charge in [-0.25, -0.2) is 0 Å². The molecule has 1 aliphatic heterocycles. The van der Waals surface area contributed by atoms with Gasteiger partial charge >= 0.3 is 12.3 Å². The molecule has 44 heavy (non-hydrogen) atoms. The number of alkyl halides is 3. The fourth-order valence-electron chi connectivity index (χ4n) is 5.41. The number of pyridine rings is 1. The SMILES string of the molecule is COC(=O)Cc1ccc2c(c1)NC(=O)CCCCC(c1ccc(-c3cc(Cl)ccc3OC(F)(F)F)c[n+]1[O-])c1cccc-2c1. The minimum atomic E-state index is -4.92. The standard InChI is InChI=1S/C33H28ClF3N2O5/c1-43-32(41)16-20-9-12-25-21-5-4-6-22(17-21)26(7-2-3-8-31(40)38-28(25)15-20)29-13-10-23(19-39(29)42)27-18-24(34)11-14-30(27)44-33(35,36)37/h4-6,9-15,17-19,26H,2-3,7-8,16H2,1H3,(H,38,40). The maximum Gasteiger partial charge on any atom is 0.573 e. The van der Waals surface area contributed by atoms with E-state index in [-0.39, 0.29) is 40.8 Å². The summed E-state index contributed by atoms with van der Waals surface area (Å²) in [4.78, 5) is 24.7. The number of aromatic nitrogens is 1. The first-order chi connectivity index (χ1) is 21.0. The van der Waals surface area contributed by atoms with E-state index in [0.717, 1.165) is 22.8 Å². The number of hydrogen-bond acceptors (Lipinski definition) is 5. The highest BCUT2D eigenvalue weighted by molar-refractivity contribution is 6.31. The summed E-state index contributed by atoms with van der Waals surface area (Å²) in [5.74, 6) is -1.40. The van der Waals surface area contributed by atoms with Gasteiger partial charge in [-0.15, -0.1) is 13.2 Å². The molecule has 5 rings (SSSR count). The molecule has 0 saturated carbocycles. The minimum absolute atomic E-state index is 0.0286. The van der Waals surface area contributed by atoms with Crippen molar-refractivity contribution in [2.75, 3.05) is 12.4 Å². The number of nitrogens with one attached hydrogen (secondary N) is 1. The van der Waals surface area contributed by atoms with E-state index in [0.29, 0.717) is 40.9 Å². The first kappa shape index (κ1) is 30.9. The molecular formula is C33H28ClF3N2O5. The Morgan fingerprint density at radius 2 is 1.84 bits per heavy atom. The second-order valence-electron chi connectivity index (χ2n) is 10.5. The van der Waals surface area contributed by atoms with E-state index in [9.17, 15) is 28.0 Å². The summed E-state index contributed by atoms with van der Waals surface area (Å²) < 4.78 is 48.8.